The van der Waals surface area contributed by atoms with E-state index in [2.05, 4.69) is 5.32 Å². The van der Waals surface area contributed by atoms with Gasteiger partial charge in [-0.15, -0.1) is 0 Å². The van der Waals surface area contributed by atoms with E-state index in [-0.39, 0.29) is 7.43 Å². The Morgan fingerprint density at radius 1 is 1.67 bits per heavy atom. The van der Waals surface area contributed by atoms with E-state index < -0.39 is 0 Å². The lowest BCUT2D eigenvalue weighted by atomic mass is 10.2. The molecule has 0 aromatic carbocycles. The van der Waals surface area contributed by atoms with Crippen molar-refractivity contribution in [1.29, 1.82) is 0 Å². The van der Waals surface area contributed by atoms with E-state index in [1.807, 2.05) is 11.8 Å². The Hall–Kier alpha value is -0.570. The smallest absolute Gasteiger partial charge is 0.222 e. The van der Waals surface area contributed by atoms with Crippen LogP contribution in [0.2, 0.25) is 0 Å². The molecular formula is C9H18N2O. The Labute approximate surface area is 74.1 Å². The summed E-state index contributed by atoms with van der Waals surface area (Å²) in [6.45, 7) is 3.88. The van der Waals surface area contributed by atoms with Crippen LogP contribution < -0.4 is 5.32 Å². The molecule has 2 fully saturated rings. The molecule has 1 amide bonds. The Balaban J connectivity index is 0.000000720. The van der Waals surface area contributed by atoms with Crippen LogP contribution in [0.3, 0.4) is 0 Å². The summed E-state index contributed by atoms with van der Waals surface area (Å²) in [5.74, 6) is 0.319. The van der Waals surface area contributed by atoms with Crippen LogP contribution in [-0.2, 0) is 4.79 Å². The van der Waals surface area contributed by atoms with Crippen LogP contribution in [0.4, 0.5) is 0 Å². The molecule has 2 unspecified atom stereocenters. The van der Waals surface area contributed by atoms with Gasteiger partial charge in [-0.05, 0) is 6.42 Å². The second-order valence-corrected chi connectivity index (χ2v) is 3.39. The van der Waals surface area contributed by atoms with Gasteiger partial charge in [-0.1, -0.05) is 14.4 Å². The third-order valence-corrected chi connectivity index (χ3v) is 2.68. The molecule has 2 atom stereocenters. The average Bonchev–Trinajstić information content (AvgIpc) is 2.62. The molecule has 2 rings (SSSR count). The average molecular weight is 170 g/mol. The van der Waals surface area contributed by atoms with E-state index in [9.17, 15) is 4.79 Å². The number of amides is 1. The zero-order chi connectivity index (χ0) is 7.84. The number of nitrogens with zero attached hydrogens (tertiary/aromatic N) is 1. The quantitative estimate of drug-likeness (QED) is 0.625. The van der Waals surface area contributed by atoms with Crippen molar-refractivity contribution in [2.75, 3.05) is 13.1 Å². The van der Waals surface area contributed by atoms with E-state index in [1.54, 1.807) is 0 Å². The molecule has 2 bridgehead atoms. The van der Waals surface area contributed by atoms with Crippen molar-refractivity contribution in [2.45, 2.75) is 39.3 Å². The molecule has 0 aromatic heterocycles. The van der Waals surface area contributed by atoms with Crippen LogP contribution in [-0.4, -0.2) is 36.0 Å². The maximum Gasteiger partial charge on any atom is 0.222 e. The van der Waals surface area contributed by atoms with Gasteiger partial charge in [-0.25, -0.2) is 0 Å². The molecular weight excluding hydrogens is 152 g/mol. The lowest BCUT2D eigenvalue weighted by molar-refractivity contribution is -0.132. The second-order valence-electron chi connectivity index (χ2n) is 3.39. The van der Waals surface area contributed by atoms with Crippen LogP contribution in [0.1, 0.15) is 27.2 Å². The van der Waals surface area contributed by atoms with Crippen molar-refractivity contribution in [3.05, 3.63) is 0 Å². The van der Waals surface area contributed by atoms with E-state index in [4.69, 9.17) is 0 Å². The zero-order valence-corrected chi connectivity index (χ0v) is 6.84. The Kier molecular flexibility index (Phi) is 2.73. The first kappa shape index (κ1) is 9.52. The third-order valence-electron chi connectivity index (χ3n) is 2.68. The molecule has 0 spiro atoms. The third kappa shape index (κ3) is 1.33. The number of rotatable bonds is 1. The van der Waals surface area contributed by atoms with Crippen LogP contribution in [0.5, 0.6) is 0 Å². The predicted molar refractivity (Wildman–Crippen MR) is 48.9 cm³/mol. The van der Waals surface area contributed by atoms with Gasteiger partial charge in [-0.2, -0.15) is 0 Å². The fourth-order valence-corrected chi connectivity index (χ4v) is 2.07. The maximum atomic E-state index is 11.3. The monoisotopic (exact) mass is 170 g/mol. The standard InChI is InChI=1S/C8H14N2O.CH4/c1-2-8(11)10-5-6-3-7(10)4-9-6;/h6-7,9H,2-5H2,1H3;1H4. The summed E-state index contributed by atoms with van der Waals surface area (Å²) in [6.07, 6.45) is 1.83. The van der Waals surface area contributed by atoms with Crippen LogP contribution >= 0.6 is 0 Å². The molecule has 0 aromatic rings. The first-order valence-electron chi connectivity index (χ1n) is 4.34. The Morgan fingerprint density at radius 2 is 2.42 bits per heavy atom. The number of piperazine rings is 1. The number of nitrogens with one attached hydrogen (secondary N) is 1. The summed E-state index contributed by atoms with van der Waals surface area (Å²) >= 11 is 0. The van der Waals surface area contributed by atoms with E-state index >= 15 is 0 Å². The highest BCUT2D eigenvalue weighted by Gasteiger charge is 2.39. The molecule has 2 saturated heterocycles. The topological polar surface area (TPSA) is 32.3 Å². The summed E-state index contributed by atoms with van der Waals surface area (Å²) in [6, 6.07) is 1.10. The molecule has 2 aliphatic rings. The number of hydrogen-bond acceptors (Lipinski definition) is 2. The molecule has 3 nitrogen and oxygen atoms in total. The molecule has 0 radical (unpaired) electrons. The summed E-state index contributed by atoms with van der Waals surface area (Å²) in [5, 5.41) is 3.37. The Morgan fingerprint density at radius 3 is 2.83 bits per heavy atom. The van der Waals surface area contributed by atoms with Gasteiger partial charge in [0.15, 0.2) is 0 Å². The Bertz CT molecular complexity index is 181. The maximum absolute atomic E-state index is 11.3. The molecule has 2 aliphatic heterocycles. The summed E-state index contributed by atoms with van der Waals surface area (Å²) < 4.78 is 0. The number of fused-ring (bicyclic) bond motifs is 2. The number of hydrogen-bond donors (Lipinski definition) is 1. The molecule has 3 heteroatoms. The first-order chi connectivity index (χ1) is 5.31. The normalized spacial score (nSPS) is 31.9. The van der Waals surface area contributed by atoms with Crippen LogP contribution in [0, 0.1) is 0 Å². The van der Waals surface area contributed by atoms with Gasteiger partial charge in [0.05, 0.1) is 0 Å². The van der Waals surface area contributed by atoms with Crippen molar-refractivity contribution in [3.63, 3.8) is 0 Å². The van der Waals surface area contributed by atoms with Gasteiger partial charge in [-0.3, -0.25) is 4.79 Å². The van der Waals surface area contributed by atoms with Crippen molar-refractivity contribution in [2.24, 2.45) is 0 Å². The molecule has 0 aliphatic carbocycles. The van der Waals surface area contributed by atoms with Gasteiger partial charge in [0.25, 0.3) is 0 Å². The van der Waals surface area contributed by atoms with Gasteiger partial charge in [0.1, 0.15) is 0 Å². The summed E-state index contributed by atoms with van der Waals surface area (Å²) in [7, 11) is 0. The zero-order valence-electron chi connectivity index (χ0n) is 6.84. The molecule has 2 heterocycles. The van der Waals surface area contributed by atoms with E-state index in [0.29, 0.717) is 24.4 Å². The van der Waals surface area contributed by atoms with Crippen molar-refractivity contribution < 1.29 is 4.79 Å². The molecule has 0 saturated carbocycles. The number of carbonyl (C=O) groups excluding carboxylic acids is 1. The number of likely N-dealkylation sites (tertiary alicyclic amines) is 1. The van der Waals surface area contributed by atoms with Crippen molar-refractivity contribution in [1.82, 2.24) is 10.2 Å². The molecule has 70 valence electrons. The van der Waals surface area contributed by atoms with Gasteiger partial charge >= 0.3 is 0 Å². The fourth-order valence-electron chi connectivity index (χ4n) is 2.07. The van der Waals surface area contributed by atoms with E-state index in [1.165, 1.54) is 6.42 Å². The summed E-state index contributed by atoms with van der Waals surface area (Å²) in [5.41, 5.74) is 0. The highest BCUT2D eigenvalue weighted by atomic mass is 16.2. The van der Waals surface area contributed by atoms with Gasteiger partial charge < -0.3 is 10.2 Å². The van der Waals surface area contributed by atoms with Crippen LogP contribution in [0.25, 0.3) is 0 Å². The minimum atomic E-state index is 0. The predicted octanol–water partition coefficient (Wildman–Crippen LogP) is 0.605. The summed E-state index contributed by atoms with van der Waals surface area (Å²) in [4.78, 5) is 13.3. The second kappa shape index (κ2) is 3.44. The highest BCUT2D eigenvalue weighted by Crippen LogP contribution is 2.23. The van der Waals surface area contributed by atoms with Gasteiger partial charge in [0, 0.05) is 31.6 Å². The SMILES string of the molecule is C.CCC(=O)N1CC2CC1CN2. The van der Waals surface area contributed by atoms with Gasteiger partial charge in [0.2, 0.25) is 5.91 Å². The van der Waals surface area contributed by atoms with Crippen LogP contribution in [0.15, 0.2) is 0 Å². The minimum absolute atomic E-state index is 0. The lowest BCUT2D eigenvalue weighted by Crippen LogP contribution is -2.46. The lowest BCUT2D eigenvalue weighted by Gasteiger charge is -2.26. The number of carbonyl (C=O) groups is 1. The first-order valence-corrected chi connectivity index (χ1v) is 4.34. The highest BCUT2D eigenvalue weighted by molar-refractivity contribution is 5.76. The molecule has 1 N–H and O–H groups in total. The van der Waals surface area contributed by atoms with Crippen molar-refractivity contribution >= 4 is 5.91 Å². The fraction of sp³-hybridized carbons (Fsp3) is 0.889. The largest absolute Gasteiger partial charge is 0.337 e. The van der Waals surface area contributed by atoms with Crippen molar-refractivity contribution in [3.8, 4) is 0 Å². The van der Waals surface area contributed by atoms with E-state index in [0.717, 1.165) is 13.1 Å². The minimum Gasteiger partial charge on any atom is -0.337 e. The molecule has 12 heavy (non-hydrogen) atoms.